The summed E-state index contributed by atoms with van der Waals surface area (Å²) in [5.74, 6) is 1.33. The molecule has 0 amide bonds. The Morgan fingerprint density at radius 2 is 2.18 bits per heavy atom. The first-order valence-corrected chi connectivity index (χ1v) is 6.06. The van der Waals surface area contributed by atoms with Crippen LogP contribution < -0.4 is 5.32 Å². The van der Waals surface area contributed by atoms with E-state index in [2.05, 4.69) is 27.3 Å². The van der Waals surface area contributed by atoms with Crippen LogP contribution >= 0.6 is 0 Å². The maximum Gasteiger partial charge on any atom is 0.223 e. The minimum atomic E-state index is 0.409. The molecule has 0 aliphatic carbocycles. The molecule has 1 aliphatic rings. The Kier molecular flexibility index (Phi) is 4.47. The Hall–Kier alpha value is -0.980. The Labute approximate surface area is 101 Å². The van der Waals surface area contributed by atoms with E-state index in [1.165, 1.54) is 0 Å². The molecule has 2 rings (SSSR count). The first-order valence-electron chi connectivity index (χ1n) is 6.06. The summed E-state index contributed by atoms with van der Waals surface area (Å²) in [4.78, 5) is 6.56. The summed E-state index contributed by atoms with van der Waals surface area (Å²) < 4.78 is 10.2. The van der Waals surface area contributed by atoms with E-state index < -0.39 is 0 Å². The Morgan fingerprint density at radius 1 is 1.41 bits per heavy atom. The quantitative estimate of drug-likeness (QED) is 0.792. The lowest BCUT2D eigenvalue weighted by molar-refractivity contribution is 0.0343. The van der Waals surface area contributed by atoms with Gasteiger partial charge in [-0.3, -0.25) is 4.90 Å². The Balaban J connectivity index is 1.68. The van der Waals surface area contributed by atoms with E-state index >= 15 is 0 Å². The zero-order valence-electron chi connectivity index (χ0n) is 10.5. The average Bonchev–Trinajstić information content (AvgIpc) is 2.74. The highest BCUT2D eigenvalue weighted by Gasteiger charge is 2.13. The molecule has 1 unspecified atom stereocenters. The highest BCUT2D eigenvalue weighted by Crippen LogP contribution is 2.00. The van der Waals surface area contributed by atoms with Crippen molar-refractivity contribution >= 4 is 0 Å². The van der Waals surface area contributed by atoms with Gasteiger partial charge in [0.2, 0.25) is 5.89 Å². The lowest BCUT2D eigenvalue weighted by atomic mass is 10.3. The number of hydrogen-bond donors (Lipinski definition) is 1. The van der Waals surface area contributed by atoms with Crippen molar-refractivity contribution in [1.29, 1.82) is 0 Å². The molecule has 0 radical (unpaired) electrons. The molecule has 1 atom stereocenters. The third-order valence-corrected chi connectivity index (χ3v) is 2.81. The van der Waals surface area contributed by atoms with Crippen molar-refractivity contribution in [2.45, 2.75) is 26.4 Å². The minimum Gasteiger partial charge on any atom is -0.379 e. The number of aromatic nitrogens is 2. The van der Waals surface area contributed by atoms with E-state index in [1.807, 2.05) is 0 Å². The molecule has 0 saturated carbocycles. The monoisotopic (exact) mass is 240 g/mol. The van der Waals surface area contributed by atoms with Gasteiger partial charge in [-0.25, -0.2) is 0 Å². The lowest BCUT2D eigenvalue weighted by Gasteiger charge is -2.29. The normalized spacial score (nSPS) is 19.4. The van der Waals surface area contributed by atoms with Gasteiger partial charge in [0.1, 0.15) is 0 Å². The van der Waals surface area contributed by atoms with Crippen LogP contribution in [0.4, 0.5) is 0 Å². The topological polar surface area (TPSA) is 63.4 Å². The van der Waals surface area contributed by atoms with Crippen LogP contribution in [0.2, 0.25) is 0 Å². The SMILES string of the molecule is Cc1nc(CNC(C)CN2CCOCC2)no1. The molecule has 0 spiro atoms. The van der Waals surface area contributed by atoms with Gasteiger partial charge < -0.3 is 14.6 Å². The van der Waals surface area contributed by atoms with Crippen molar-refractivity contribution in [3.8, 4) is 0 Å². The molecule has 1 aromatic rings. The van der Waals surface area contributed by atoms with Gasteiger partial charge in [0.15, 0.2) is 5.82 Å². The molecule has 6 nitrogen and oxygen atoms in total. The maximum atomic E-state index is 5.32. The van der Waals surface area contributed by atoms with E-state index in [4.69, 9.17) is 9.26 Å². The summed E-state index contributed by atoms with van der Waals surface area (Å²) in [6.45, 7) is 9.38. The fourth-order valence-corrected chi connectivity index (χ4v) is 1.91. The third kappa shape index (κ3) is 4.07. The summed E-state index contributed by atoms with van der Waals surface area (Å²) in [6.07, 6.45) is 0. The van der Waals surface area contributed by atoms with Crippen LogP contribution in [0.15, 0.2) is 4.52 Å². The second-order valence-corrected chi connectivity index (χ2v) is 4.42. The van der Waals surface area contributed by atoms with Crippen LogP contribution in [0.25, 0.3) is 0 Å². The smallest absolute Gasteiger partial charge is 0.223 e. The Morgan fingerprint density at radius 3 is 2.82 bits per heavy atom. The molecule has 1 aromatic heterocycles. The van der Waals surface area contributed by atoms with Crippen molar-refractivity contribution in [2.24, 2.45) is 0 Å². The van der Waals surface area contributed by atoms with Crippen LogP contribution in [0.1, 0.15) is 18.6 Å². The Bertz CT molecular complexity index is 336. The molecule has 0 aromatic carbocycles. The third-order valence-electron chi connectivity index (χ3n) is 2.81. The largest absolute Gasteiger partial charge is 0.379 e. The minimum absolute atomic E-state index is 0.409. The molecule has 1 N–H and O–H groups in total. The molecule has 1 fully saturated rings. The standard InChI is InChI=1S/C11H20N4O2/c1-9(8-15-3-5-16-6-4-15)12-7-11-13-10(2)17-14-11/h9,12H,3-8H2,1-2H3. The number of ether oxygens (including phenoxy) is 1. The van der Waals surface area contributed by atoms with E-state index in [-0.39, 0.29) is 0 Å². The van der Waals surface area contributed by atoms with E-state index in [0.717, 1.165) is 38.7 Å². The van der Waals surface area contributed by atoms with Crippen molar-refractivity contribution in [2.75, 3.05) is 32.8 Å². The van der Waals surface area contributed by atoms with Crippen molar-refractivity contribution in [3.63, 3.8) is 0 Å². The molecule has 0 bridgehead atoms. The van der Waals surface area contributed by atoms with Crippen molar-refractivity contribution in [1.82, 2.24) is 20.4 Å². The zero-order chi connectivity index (χ0) is 12.1. The van der Waals surface area contributed by atoms with Gasteiger partial charge in [-0.05, 0) is 6.92 Å². The van der Waals surface area contributed by atoms with E-state index in [0.29, 0.717) is 18.5 Å². The average molecular weight is 240 g/mol. The molecule has 2 heterocycles. The predicted molar refractivity (Wildman–Crippen MR) is 62.6 cm³/mol. The first kappa shape index (κ1) is 12.5. The number of nitrogens with zero attached hydrogens (tertiary/aromatic N) is 3. The second kappa shape index (κ2) is 6.09. The lowest BCUT2D eigenvalue weighted by Crippen LogP contribution is -2.44. The zero-order valence-corrected chi connectivity index (χ0v) is 10.5. The first-order chi connectivity index (χ1) is 8.24. The fraction of sp³-hybridized carbons (Fsp3) is 0.818. The summed E-state index contributed by atoms with van der Waals surface area (Å²) in [5.41, 5.74) is 0. The summed E-state index contributed by atoms with van der Waals surface area (Å²) >= 11 is 0. The number of hydrogen-bond acceptors (Lipinski definition) is 6. The number of nitrogens with one attached hydrogen (secondary N) is 1. The van der Waals surface area contributed by atoms with Gasteiger partial charge >= 0.3 is 0 Å². The van der Waals surface area contributed by atoms with E-state index in [1.54, 1.807) is 6.92 Å². The van der Waals surface area contributed by atoms with Gasteiger partial charge in [0.05, 0.1) is 19.8 Å². The summed E-state index contributed by atoms with van der Waals surface area (Å²) in [6, 6.07) is 0.409. The van der Waals surface area contributed by atoms with Gasteiger partial charge in [-0.2, -0.15) is 4.98 Å². The highest BCUT2D eigenvalue weighted by atomic mass is 16.5. The van der Waals surface area contributed by atoms with Gasteiger partial charge in [0, 0.05) is 32.6 Å². The number of aryl methyl sites for hydroxylation is 1. The van der Waals surface area contributed by atoms with Crippen LogP contribution in [-0.4, -0.2) is 53.9 Å². The molecule has 96 valence electrons. The number of rotatable bonds is 5. The van der Waals surface area contributed by atoms with Crippen LogP contribution in [0.5, 0.6) is 0 Å². The second-order valence-electron chi connectivity index (χ2n) is 4.42. The molecular weight excluding hydrogens is 220 g/mol. The molecule has 17 heavy (non-hydrogen) atoms. The van der Waals surface area contributed by atoms with E-state index in [9.17, 15) is 0 Å². The highest BCUT2D eigenvalue weighted by molar-refractivity contribution is 4.84. The molecule has 1 saturated heterocycles. The van der Waals surface area contributed by atoms with Crippen LogP contribution in [0, 0.1) is 6.92 Å². The van der Waals surface area contributed by atoms with Gasteiger partial charge in [-0.1, -0.05) is 5.16 Å². The summed E-state index contributed by atoms with van der Waals surface area (Å²) in [7, 11) is 0. The van der Waals surface area contributed by atoms with Gasteiger partial charge in [0.25, 0.3) is 0 Å². The molecular formula is C11H20N4O2. The van der Waals surface area contributed by atoms with Crippen LogP contribution in [0.3, 0.4) is 0 Å². The molecule has 1 aliphatic heterocycles. The maximum absolute atomic E-state index is 5.32. The van der Waals surface area contributed by atoms with Gasteiger partial charge in [-0.15, -0.1) is 0 Å². The van der Waals surface area contributed by atoms with Crippen LogP contribution in [-0.2, 0) is 11.3 Å². The fourth-order valence-electron chi connectivity index (χ4n) is 1.91. The summed E-state index contributed by atoms with van der Waals surface area (Å²) in [5, 5.41) is 7.24. The predicted octanol–water partition coefficient (Wildman–Crippen LogP) is 0.188. The van der Waals surface area contributed by atoms with Crippen molar-refractivity contribution < 1.29 is 9.26 Å². The number of morpholine rings is 1. The molecule has 6 heteroatoms. The van der Waals surface area contributed by atoms with Crippen molar-refractivity contribution in [3.05, 3.63) is 11.7 Å².